The first-order chi connectivity index (χ1) is 11.7. The summed E-state index contributed by atoms with van der Waals surface area (Å²) in [6.07, 6.45) is 7.36. The molecule has 5 nitrogen and oxygen atoms in total. The highest BCUT2D eigenvalue weighted by molar-refractivity contribution is 6.32. The molecule has 0 aromatic carbocycles. The van der Waals surface area contributed by atoms with Crippen molar-refractivity contribution in [2.75, 3.05) is 31.1 Å². The van der Waals surface area contributed by atoms with E-state index in [4.69, 9.17) is 11.6 Å². The van der Waals surface area contributed by atoms with Crippen LogP contribution in [-0.2, 0) is 4.79 Å². The zero-order valence-electron chi connectivity index (χ0n) is 13.9. The van der Waals surface area contributed by atoms with Crippen molar-refractivity contribution in [2.45, 2.75) is 38.1 Å². The van der Waals surface area contributed by atoms with E-state index in [0.29, 0.717) is 10.9 Å². The number of aromatic nitrogens is 1. The molecule has 3 heterocycles. The molecule has 2 N–H and O–H groups in total. The van der Waals surface area contributed by atoms with Gasteiger partial charge in [-0.3, -0.25) is 4.79 Å². The zero-order valence-corrected chi connectivity index (χ0v) is 14.7. The zero-order chi connectivity index (χ0) is 16.6. The number of anilines is 1. The summed E-state index contributed by atoms with van der Waals surface area (Å²) in [7, 11) is 0. The predicted octanol–water partition coefficient (Wildman–Crippen LogP) is 2.21. The van der Waals surface area contributed by atoms with Crippen molar-refractivity contribution < 1.29 is 4.79 Å². The third-order valence-corrected chi connectivity index (χ3v) is 6.35. The minimum atomic E-state index is -0.172. The van der Waals surface area contributed by atoms with E-state index in [2.05, 4.69) is 20.5 Å². The normalized spacial score (nSPS) is 32.6. The van der Waals surface area contributed by atoms with Crippen molar-refractivity contribution in [3.8, 4) is 0 Å². The van der Waals surface area contributed by atoms with Crippen LogP contribution in [0.15, 0.2) is 18.3 Å². The van der Waals surface area contributed by atoms with E-state index in [1.54, 1.807) is 6.20 Å². The Morgan fingerprint density at radius 2 is 2.33 bits per heavy atom. The lowest BCUT2D eigenvalue weighted by Crippen LogP contribution is -2.51. The number of rotatable bonds is 3. The van der Waals surface area contributed by atoms with E-state index in [0.717, 1.165) is 44.8 Å². The van der Waals surface area contributed by atoms with Crippen molar-refractivity contribution in [3.63, 3.8) is 0 Å². The van der Waals surface area contributed by atoms with Crippen LogP contribution >= 0.6 is 11.6 Å². The number of amides is 1. The molecule has 2 aliphatic heterocycles. The van der Waals surface area contributed by atoms with Crippen LogP contribution in [-0.4, -0.2) is 43.1 Å². The molecule has 24 heavy (non-hydrogen) atoms. The number of pyridine rings is 1. The topological polar surface area (TPSA) is 57.3 Å². The fraction of sp³-hybridized carbons (Fsp3) is 0.667. The van der Waals surface area contributed by atoms with Crippen LogP contribution in [0, 0.1) is 11.3 Å². The molecule has 1 amide bonds. The van der Waals surface area contributed by atoms with E-state index in [1.807, 2.05) is 12.1 Å². The maximum absolute atomic E-state index is 13.1. The Morgan fingerprint density at radius 3 is 3.21 bits per heavy atom. The van der Waals surface area contributed by atoms with E-state index >= 15 is 0 Å². The molecule has 1 aromatic heterocycles. The molecular formula is C18H25ClN4O. The Balaban J connectivity index is 1.41. The van der Waals surface area contributed by atoms with Gasteiger partial charge in [0.25, 0.3) is 0 Å². The van der Waals surface area contributed by atoms with Crippen molar-refractivity contribution >= 4 is 23.3 Å². The lowest BCUT2D eigenvalue weighted by Gasteiger charge is -2.37. The molecule has 1 aromatic rings. The van der Waals surface area contributed by atoms with Gasteiger partial charge in [0, 0.05) is 31.9 Å². The number of nitrogens with one attached hydrogen (secondary N) is 2. The molecule has 2 saturated heterocycles. The predicted molar refractivity (Wildman–Crippen MR) is 95.3 cm³/mol. The maximum atomic E-state index is 13.1. The Kier molecular flexibility index (Phi) is 4.39. The van der Waals surface area contributed by atoms with Crippen LogP contribution in [0.4, 0.5) is 5.82 Å². The number of hydrogen-bond donors (Lipinski definition) is 2. The Morgan fingerprint density at radius 1 is 1.42 bits per heavy atom. The molecule has 4 rings (SSSR count). The first-order valence-corrected chi connectivity index (χ1v) is 9.44. The highest BCUT2D eigenvalue weighted by Crippen LogP contribution is 2.44. The number of nitrogens with zero attached hydrogens (tertiary/aromatic N) is 2. The highest BCUT2D eigenvalue weighted by Gasteiger charge is 2.50. The van der Waals surface area contributed by atoms with Crippen LogP contribution in [0.25, 0.3) is 0 Å². The fourth-order valence-corrected chi connectivity index (χ4v) is 4.94. The SMILES string of the molecule is O=C(NC1CCN(c2ncccc2Cl)C1)[C@@]12CCCC[C@H]1CNC2. The molecular weight excluding hydrogens is 324 g/mol. The van der Waals surface area contributed by atoms with Crippen molar-refractivity contribution in [2.24, 2.45) is 11.3 Å². The summed E-state index contributed by atoms with van der Waals surface area (Å²) in [5, 5.41) is 7.47. The average Bonchev–Trinajstić information content (AvgIpc) is 3.22. The summed E-state index contributed by atoms with van der Waals surface area (Å²) >= 11 is 6.25. The summed E-state index contributed by atoms with van der Waals surface area (Å²) in [5.41, 5.74) is -0.172. The summed E-state index contributed by atoms with van der Waals surface area (Å²) in [4.78, 5) is 19.6. The average molecular weight is 349 g/mol. The lowest BCUT2D eigenvalue weighted by atomic mass is 9.67. The molecule has 1 saturated carbocycles. The van der Waals surface area contributed by atoms with Gasteiger partial charge in [0.1, 0.15) is 5.82 Å². The molecule has 0 radical (unpaired) electrons. The molecule has 0 bridgehead atoms. The van der Waals surface area contributed by atoms with Gasteiger partial charge in [-0.15, -0.1) is 0 Å². The molecule has 6 heteroatoms. The smallest absolute Gasteiger partial charge is 0.228 e. The maximum Gasteiger partial charge on any atom is 0.228 e. The second-order valence-corrected chi connectivity index (χ2v) is 7.85. The third kappa shape index (κ3) is 2.78. The monoisotopic (exact) mass is 348 g/mol. The van der Waals surface area contributed by atoms with Gasteiger partial charge >= 0.3 is 0 Å². The third-order valence-electron chi connectivity index (χ3n) is 6.05. The second-order valence-electron chi connectivity index (χ2n) is 7.44. The summed E-state index contributed by atoms with van der Waals surface area (Å²) in [5.74, 6) is 1.59. The fourth-order valence-electron chi connectivity index (χ4n) is 4.70. The van der Waals surface area contributed by atoms with Crippen LogP contribution in [0.3, 0.4) is 0 Å². The van der Waals surface area contributed by atoms with Crippen molar-refractivity contribution in [1.82, 2.24) is 15.6 Å². The Bertz CT molecular complexity index is 625. The van der Waals surface area contributed by atoms with Gasteiger partial charge in [-0.25, -0.2) is 4.98 Å². The minimum Gasteiger partial charge on any atom is -0.353 e. The van der Waals surface area contributed by atoms with Crippen LogP contribution in [0.1, 0.15) is 32.1 Å². The molecule has 3 aliphatic rings. The number of fused-ring (bicyclic) bond motifs is 1. The number of hydrogen-bond acceptors (Lipinski definition) is 4. The summed E-state index contributed by atoms with van der Waals surface area (Å²) in [6.45, 7) is 3.51. The molecule has 130 valence electrons. The second kappa shape index (κ2) is 6.52. The number of carbonyl (C=O) groups is 1. The summed E-state index contributed by atoms with van der Waals surface area (Å²) < 4.78 is 0. The number of halogens is 1. The quantitative estimate of drug-likeness (QED) is 0.879. The van der Waals surface area contributed by atoms with E-state index < -0.39 is 0 Å². The van der Waals surface area contributed by atoms with Gasteiger partial charge in [-0.2, -0.15) is 0 Å². The minimum absolute atomic E-state index is 0.172. The van der Waals surface area contributed by atoms with E-state index in [1.165, 1.54) is 19.3 Å². The van der Waals surface area contributed by atoms with E-state index in [9.17, 15) is 4.79 Å². The van der Waals surface area contributed by atoms with Crippen molar-refractivity contribution in [3.05, 3.63) is 23.4 Å². The lowest BCUT2D eigenvalue weighted by molar-refractivity contribution is -0.134. The molecule has 1 unspecified atom stereocenters. The summed E-state index contributed by atoms with van der Waals surface area (Å²) in [6, 6.07) is 3.90. The highest BCUT2D eigenvalue weighted by atomic mass is 35.5. The van der Waals surface area contributed by atoms with E-state index in [-0.39, 0.29) is 17.4 Å². The Hall–Kier alpha value is -1.33. The molecule has 1 aliphatic carbocycles. The standard InChI is InChI=1S/C18H25ClN4O/c19-15-5-3-8-21-16(15)23-9-6-14(11-23)22-17(24)18-7-2-1-4-13(18)10-20-12-18/h3,5,8,13-14,20H,1-2,4,6-7,9-12H2,(H,22,24)/t13-,14?,18+/m0/s1. The first-order valence-electron chi connectivity index (χ1n) is 9.06. The van der Waals surface area contributed by atoms with Crippen LogP contribution < -0.4 is 15.5 Å². The van der Waals surface area contributed by atoms with Gasteiger partial charge < -0.3 is 15.5 Å². The molecule has 0 spiro atoms. The Labute approximate surface area is 148 Å². The first kappa shape index (κ1) is 16.2. The van der Waals surface area contributed by atoms with Gasteiger partial charge in [0.15, 0.2) is 0 Å². The van der Waals surface area contributed by atoms with Crippen LogP contribution in [0.5, 0.6) is 0 Å². The molecule has 3 atom stereocenters. The van der Waals surface area contributed by atoms with Gasteiger partial charge in [0.05, 0.1) is 10.4 Å². The van der Waals surface area contributed by atoms with Crippen LogP contribution in [0.2, 0.25) is 5.02 Å². The van der Waals surface area contributed by atoms with Crippen molar-refractivity contribution in [1.29, 1.82) is 0 Å². The largest absolute Gasteiger partial charge is 0.353 e. The molecule has 3 fully saturated rings. The number of carbonyl (C=O) groups excluding carboxylic acids is 1. The van der Waals surface area contributed by atoms with Gasteiger partial charge in [-0.1, -0.05) is 24.4 Å². The van der Waals surface area contributed by atoms with Gasteiger partial charge in [-0.05, 0) is 43.9 Å². The van der Waals surface area contributed by atoms with Gasteiger partial charge in [0.2, 0.25) is 5.91 Å².